The summed E-state index contributed by atoms with van der Waals surface area (Å²) in [5.41, 5.74) is 5.73. The summed E-state index contributed by atoms with van der Waals surface area (Å²) in [6.07, 6.45) is 0. The molecule has 4 heteroatoms. The summed E-state index contributed by atoms with van der Waals surface area (Å²) in [5, 5.41) is 8.47. The molecule has 0 radical (unpaired) electrons. The number of hydrogen-bond donors (Lipinski definition) is 0. The van der Waals surface area contributed by atoms with Crippen molar-refractivity contribution in [2.45, 2.75) is 0 Å². The summed E-state index contributed by atoms with van der Waals surface area (Å²) in [7, 11) is -2.98. The van der Waals surface area contributed by atoms with E-state index >= 15 is 0 Å². The van der Waals surface area contributed by atoms with Crippen molar-refractivity contribution in [2.75, 3.05) is 0 Å². The van der Waals surface area contributed by atoms with E-state index in [1.54, 1.807) is 4.57 Å². The second-order valence-electron chi connectivity index (χ2n) is 14.8. The fourth-order valence-corrected chi connectivity index (χ4v) is 14.6. The average Bonchev–Trinajstić information content (AvgIpc) is 4.00. The largest absolute Gasteiger partial charge is 0.309 e. The molecule has 0 saturated heterocycles. The van der Waals surface area contributed by atoms with E-state index in [1.165, 1.54) is 26.1 Å². The first kappa shape index (κ1) is 27.2. The molecule has 12 aromatic rings. The van der Waals surface area contributed by atoms with Crippen LogP contribution in [0.2, 0.25) is 0 Å². The van der Waals surface area contributed by atoms with Crippen molar-refractivity contribution >= 4 is 83.5 Å². The maximum absolute atomic E-state index is 9.42. The van der Waals surface area contributed by atoms with Gasteiger partial charge in [-0.05, 0) is 87.4 Å². The third-order valence-electron chi connectivity index (χ3n) is 11.9. The second-order valence-corrected chi connectivity index (χ2v) is 18.6. The first-order chi connectivity index (χ1) is 31.3. The molecule has 12 rings (SSSR count). The van der Waals surface area contributed by atoms with Gasteiger partial charge in [-0.25, -0.2) is 0 Å². The number of hydrogen-bond acceptors (Lipinski definition) is 0. The molecule has 0 saturated carbocycles. The standard InChI is InChI=1S/C54H37N3Si/c1-5-19-38(20-6-1)55-47-31-16-33-49-53(47)54-48(55)32-17-34-50(54)57(49)40-22-15-21-39(37-40)56-45-30-14-13-29-44(45)52-46(56)35-18-36-51(52)58(41-23-7-2-8-24-41,42-25-9-3-10-26-42)43-27-11-4-12-28-43/h1-37H/i16D,17D,31D,32D,33D,34D. The van der Waals surface area contributed by atoms with Gasteiger partial charge in [0.1, 0.15) is 0 Å². The number of nitrogens with zero attached hydrogens (tertiary/aromatic N) is 3. The van der Waals surface area contributed by atoms with E-state index in [-0.39, 0.29) is 36.3 Å². The van der Waals surface area contributed by atoms with Crippen molar-refractivity contribution in [1.29, 1.82) is 0 Å². The first-order valence-corrected chi connectivity index (χ1v) is 21.5. The first-order valence-electron chi connectivity index (χ1n) is 22.5. The maximum atomic E-state index is 9.42. The van der Waals surface area contributed by atoms with Gasteiger partial charge in [-0.15, -0.1) is 0 Å². The predicted octanol–water partition coefficient (Wildman–Crippen LogP) is 10.6. The Labute approximate surface area is 345 Å². The fraction of sp³-hybridized carbons (Fsp3) is 0. The Morgan fingerprint density at radius 3 is 1.26 bits per heavy atom. The average molecular weight is 762 g/mol. The molecule has 0 atom stereocenters. The van der Waals surface area contributed by atoms with E-state index in [9.17, 15) is 5.48 Å². The Morgan fingerprint density at radius 1 is 0.328 bits per heavy atom. The lowest BCUT2D eigenvalue weighted by molar-refractivity contribution is 1.13. The lowest BCUT2D eigenvalue weighted by Crippen LogP contribution is -2.74. The van der Waals surface area contributed by atoms with Crippen LogP contribution in [0.5, 0.6) is 0 Å². The van der Waals surface area contributed by atoms with E-state index in [1.807, 2.05) is 47.0 Å². The molecule has 3 aromatic heterocycles. The quantitative estimate of drug-likeness (QED) is 0.114. The van der Waals surface area contributed by atoms with Crippen LogP contribution in [0, 0.1) is 0 Å². The van der Waals surface area contributed by atoms with Crippen LogP contribution in [0.3, 0.4) is 0 Å². The Kier molecular flexibility index (Phi) is 6.02. The van der Waals surface area contributed by atoms with E-state index < -0.39 is 8.07 Å². The molecule has 0 unspecified atom stereocenters. The zero-order valence-electron chi connectivity index (χ0n) is 37.2. The number of fused-ring (bicyclic) bond motifs is 3. The third kappa shape index (κ3) is 4.55. The van der Waals surface area contributed by atoms with Gasteiger partial charge in [0.15, 0.2) is 8.07 Å². The van der Waals surface area contributed by atoms with E-state index in [4.69, 9.17) is 2.74 Å². The Bertz CT molecular complexity index is 3610. The van der Waals surface area contributed by atoms with Crippen LogP contribution < -0.4 is 20.7 Å². The lowest BCUT2D eigenvalue weighted by atomic mass is 10.1. The summed E-state index contributed by atoms with van der Waals surface area (Å²) < 4.78 is 61.4. The monoisotopic (exact) mass is 761 g/mol. The molecule has 0 N–H and O–H groups in total. The van der Waals surface area contributed by atoms with Crippen LogP contribution in [0.4, 0.5) is 0 Å². The summed E-state index contributed by atoms with van der Waals surface area (Å²) in [6, 6.07) is 64.4. The van der Waals surface area contributed by atoms with Crippen LogP contribution in [0.1, 0.15) is 8.22 Å². The SMILES string of the molecule is [2H]c1c([2H])c2c3c4c(c([2H])c([2H])c([2H])c4n(-c4cccc(-n5c6ccccc6c6c([Si](c7ccccc7)(c7ccccc7)c7ccccc7)cccc65)c4)c3c1[2H])n2-c1ccccc1. The van der Waals surface area contributed by atoms with Gasteiger partial charge in [0, 0.05) is 38.6 Å². The summed E-state index contributed by atoms with van der Waals surface area (Å²) >= 11 is 0. The van der Waals surface area contributed by atoms with Crippen molar-refractivity contribution in [3.63, 3.8) is 0 Å². The molecule has 0 spiro atoms. The van der Waals surface area contributed by atoms with Gasteiger partial charge >= 0.3 is 0 Å². The minimum absolute atomic E-state index is 0.134. The Morgan fingerprint density at radius 2 is 0.724 bits per heavy atom. The van der Waals surface area contributed by atoms with Gasteiger partial charge < -0.3 is 13.7 Å². The van der Waals surface area contributed by atoms with Crippen molar-refractivity contribution in [3.8, 4) is 17.1 Å². The van der Waals surface area contributed by atoms with Crippen molar-refractivity contribution in [3.05, 3.63) is 224 Å². The minimum atomic E-state index is -2.98. The molecule has 0 aliphatic rings. The highest BCUT2D eigenvalue weighted by molar-refractivity contribution is 7.20. The topological polar surface area (TPSA) is 14.8 Å². The molecule has 0 bridgehead atoms. The summed E-state index contributed by atoms with van der Waals surface area (Å²) in [5.74, 6) is 0. The van der Waals surface area contributed by atoms with Gasteiger partial charge in [0.2, 0.25) is 0 Å². The zero-order chi connectivity index (χ0) is 43.4. The lowest BCUT2D eigenvalue weighted by Gasteiger charge is -2.35. The molecule has 0 aliphatic carbocycles. The molecular weight excluding hydrogens is 719 g/mol. The van der Waals surface area contributed by atoms with Gasteiger partial charge in [-0.3, -0.25) is 0 Å². The van der Waals surface area contributed by atoms with Gasteiger partial charge in [0.25, 0.3) is 0 Å². The smallest absolute Gasteiger partial charge is 0.180 e. The molecule has 0 amide bonds. The van der Waals surface area contributed by atoms with Crippen molar-refractivity contribution < 1.29 is 8.22 Å². The molecule has 9 aromatic carbocycles. The van der Waals surface area contributed by atoms with Crippen LogP contribution in [-0.2, 0) is 0 Å². The van der Waals surface area contributed by atoms with Gasteiger partial charge in [0.05, 0.1) is 41.3 Å². The molecule has 0 aliphatic heterocycles. The molecule has 58 heavy (non-hydrogen) atoms. The predicted molar refractivity (Wildman–Crippen MR) is 247 cm³/mol. The van der Waals surface area contributed by atoms with Gasteiger partial charge in [-0.1, -0.05) is 158 Å². The fourth-order valence-electron chi connectivity index (χ4n) is 9.65. The highest BCUT2D eigenvalue weighted by Crippen LogP contribution is 2.42. The van der Waals surface area contributed by atoms with Gasteiger partial charge in [-0.2, -0.15) is 0 Å². The number of benzene rings is 9. The molecule has 0 fully saturated rings. The van der Waals surface area contributed by atoms with Crippen molar-refractivity contribution in [2.24, 2.45) is 0 Å². The molecular formula is C54H37N3Si. The second kappa shape index (κ2) is 12.8. The number of aromatic nitrogens is 3. The third-order valence-corrected chi connectivity index (χ3v) is 16.7. The molecule has 3 heterocycles. The van der Waals surface area contributed by atoms with E-state index in [2.05, 4.69) is 150 Å². The number of para-hydroxylation sites is 2. The van der Waals surface area contributed by atoms with Crippen LogP contribution in [0.25, 0.3) is 71.7 Å². The maximum Gasteiger partial charge on any atom is 0.180 e. The highest BCUT2D eigenvalue weighted by Gasteiger charge is 2.43. The normalized spacial score (nSPS) is 13.6. The summed E-state index contributed by atoms with van der Waals surface area (Å²) in [4.78, 5) is 0. The Balaban J connectivity index is 1.18. The number of rotatable bonds is 7. The molecule has 3 nitrogen and oxygen atoms in total. The highest BCUT2D eigenvalue weighted by atomic mass is 28.3. The van der Waals surface area contributed by atoms with E-state index in [0.29, 0.717) is 44.2 Å². The minimum Gasteiger partial charge on any atom is -0.309 e. The van der Waals surface area contributed by atoms with E-state index in [0.717, 1.165) is 22.1 Å². The summed E-state index contributed by atoms with van der Waals surface area (Å²) in [6.45, 7) is 0. The zero-order valence-corrected chi connectivity index (χ0v) is 32.2. The van der Waals surface area contributed by atoms with Crippen LogP contribution in [0.15, 0.2) is 224 Å². The Hall–Kier alpha value is -7.40. The van der Waals surface area contributed by atoms with Crippen LogP contribution in [-0.4, -0.2) is 21.8 Å². The van der Waals surface area contributed by atoms with Crippen molar-refractivity contribution in [1.82, 2.24) is 13.7 Å². The molecule has 272 valence electrons. The van der Waals surface area contributed by atoms with Crippen LogP contribution >= 0.6 is 0 Å².